The van der Waals surface area contributed by atoms with Crippen LogP contribution in [0.3, 0.4) is 0 Å². The number of amides is 1. The molecule has 0 aliphatic carbocycles. The first kappa shape index (κ1) is 22.3. The monoisotopic (exact) mass is 412 g/mol. The molecule has 6 heteroatoms. The van der Waals surface area contributed by atoms with Gasteiger partial charge < -0.3 is 14.7 Å². The molecule has 0 aromatic heterocycles. The topological polar surface area (TPSA) is 62.2 Å². The zero-order valence-corrected chi connectivity index (χ0v) is 18.4. The first-order valence-corrected chi connectivity index (χ1v) is 10.3. The number of carbonyl (C=O) groups excluding carboxylic acids is 1. The van der Waals surface area contributed by atoms with E-state index in [4.69, 9.17) is 9.47 Å². The molecule has 3 rings (SSSR count). The molecule has 162 valence electrons. The van der Waals surface area contributed by atoms with Crippen LogP contribution in [0.2, 0.25) is 0 Å². The van der Waals surface area contributed by atoms with E-state index < -0.39 is 29.5 Å². The highest BCUT2D eigenvalue weighted by molar-refractivity contribution is 5.70. The van der Waals surface area contributed by atoms with Crippen molar-refractivity contribution in [2.75, 3.05) is 6.61 Å². The molecular weight excluding hydrogens is 380 g/mol. The Labute approximate surface area is 179 Å². The summed E-state index contributed by atoms with van der Waals surface area (Å²) in [4.78, 5) is 14.7. The van der Waals surface area contributed by atoms with Crippen molar-refractivity contribution in [1.29, 1.82) is 0 Å². The van der Waals surface area contributed by atoms with Gasteiger partial charge in [0, 0.05) is 6.54 Å². The number of hydroxylamine groups is 2. The predicted octanol–water partition coefficient (Wildman–Crippen LogP) is 4.99. The molecule has 30 heavy (non-hydrogen) atoms. The molecule has 1 aliphatic rings. The van der Waals surface area contributed by atoms with Crippen LogP contribution in [0, 0.1) is 0 Å². The van der Waals surface area contributed by atoms with Crippen molar-refractivity contribution >= 4 is 6.09 Å². The molecule has 6 nitrogen and oxygen atoms in total. The average Bonchev–Trinajstić information content (AvgIpc) is 2.97. The van der Waals surface area contributed by atoms with Crippen LogP contribution in [0.15, 0.2) is 60.7 Å². The highest BCUT2D eigenvalue weighted by Crippen LogP contribution is 2.38. The maximum Gasteiger partial charge on any atom is 0.412 e. The third-order valence-electron chi connectivity index (χ3n) is 5.12. The number of hydrogen-bond acceptors (Lipinski definition) is 5. The van der Waals surface area contributed by atoms with Gasteiger partial charge in [0.25, 0.3) is 0 Å². The smallest absolute Gasteiger partial charge is 0.412 e. The van der Waals surface area contributed by atoms with Gasteiger partial charge >= 0.3 is 6.09 Å². The molecule has 1 aliphatic heterocycles. The number of benzene rings is 2. The molecule has 0 radical (unpaired) electrons. The fourth-order valence-corrected chi connectivity index (χ4v) is 3.84. The van der Waals surface area contributed by atoms with Gasteiger partial charge in [0.1, 0.15) is 11.3 Å². The van der Waals surface area contributed by atoms with Gasteiger partial charge in [-0.2, -0.15) is 5.06 Å². The van der Waals surface area contributed by atoms with E-state index in [1.54, 1.807) is 4.90 Å². The second kappa shape index (κ2) is 8.76. The lowest BCUT2D eigenvalue weighted by atomic mass is 9.97. The minimum atomic E-state index is -0.854. The first-order chi connectivity index (χ1) is 14.1. The van der Waals surface area contributed by atoms with Crippen LogP contribution in [-0.4, -0.2) is 45.2 Å². The molecule has 2 atom stereocenters. The first-order valence-electron chi connectivity index (χ1n) is 10.3. The third kappa shape index (κ3) is 5.19. The van der Waals surface area contributed by atoms with Crippen LogP contribution in [0.1, 0.15) is 51.8 Å². The van der Waals surface area contributed by atoms with E-state index in [-0.39, 0.29) is 6.61 Å². The normalized spacial score (nSPS) is 19.7. The van der Waals surface area contributed by atoms with Crippen molar-refractivity contribution in [1.82, 2.24) is 9.96 Å². The zero-order chi connectivity index (χ0) is 21.9. The fraction of sp³-hybridized carbons (Fsp3) is 0.458. The minimum Gasteiger partial charge on any atom is -0.444 e. The lowest BCUT2D eigenvalue weighted by Gasteiger charge is -2.39. The zero-order valence-electron chi connectivity index (χ0n) is 18.4. The van der Waals surface area contributed by atoms with E-state index in [1.807, 2.05) is 95.3 Å². The maximum absolute atomic E-state index is 13.1. The van der Waals surface area contributed by atoms with Crippen LogP contribution in [-0.2, 0) is 16.0 Å². The van der Waals surface area contributed by atoms with Crippen LogP contribution in [0.4, 0.5) is 4.79 Å². The van der Waals surface area contributed by atoms with Gasteiger partial charge in [0.05, 0.1) is 18.7 Å². The Hall–Kier alpha value is -2.41. The summed E-state index contributed by atoms with van der Waals surface area (Å²) in [6, 6.07) is 18.5. The number of nitrogens with zero attached hydrogens (tertiary/aromatic N) is 2. The summed E-state index contributed by atoms with van der Waals surface area (Å²) in [5.74, 6) is 0. The Kier molecular flexibility index (Phi) is 6.50. The summed E-state index contributed by atoms with van der Waals surface area (Å²) in [6.45, 7) is 9.82. The SMILES string of the molecule is CC(C)(C)OC(=O)N1[C@H]([C@H](c2ccccc2)N(O)Cc2ccccc2)COC1(C)C. The Morgan fingerprint density at radius 3 is 2.30 bits per heavy atom. The number of carbonyl (C=O) groups is 1. The summed E-state index contributed by atoms with van der Waals surface area (Å²) in [5.41, 5.74) is 0.387. The van der Waals surface area contributed by atoms with Crippen molar-refractivity contribution in [2.24, 2.45) is 0 Å². The van der Waals surface area contributed by atoms with E-state index in [2.05, 4.69) is 0 Å². The van der Waals surface area contributed by atoms with Gasteiger partial charge in [0.2, 0.25) is 0 Å². The predicted molar refractivity (Wildman–Crippen MR) is 115 cm³/mol. The van der Waals surface area contributed by atoms with E-state index >= 15 is 0 Å². The van der Waals surface area contributed by atoms with Gasteiger partial charge in [-0.05, 0) is 45.7 Å². The Morgan fingerprint density at radius 2 is 1.73 bits per heavy atom. The highest BCUT2D eigenvalue weighted by Gasteiger charge is 2.50. The highest BCUT2D eigenvalue weighted by atomic mass is 16.6. The van der Waals surface area contributed by atoms with Crippen LogP contribution < -0.4 is 0 Å². The molecule has 0 unspecified atom stereocenters. The quantitative estimate of drug-likeness (QED) is 0.701. The lowest BCUT2D eigenvalue weighted by molar-refractivity contribution is -0.154. The molecule has 2 aromatic rings. The second-order valence-electron chi connectivity index (χ2n) is 9.11. The summed E-state index contributed by atoms with van der Waals surface area (Å²) >= 11 is 0. The Bertz CT molecular complexity index is 833. The number of ether oxygens (including phenoxy) is 2. The Morgan fingerprint density at radius 1 is 1.17 bits per heavy atom. The second-order valence-corrected chi connectivity index (χ2v) is 9.11. The molecule has 1 N–H and O–H groups in total. The fourth-order valence-electron chi connectivity index (χ4n) is 3.84. The molecule has 1 amide bonds. The third-order valence-corrected chi connectivity index (χ3v) is 5.12. The van der Waals surface area contributed by atoms with Gasteiger partial charge in [-0.1, -0.05) is 60.7 Å². The largest absolute Gasteiger partial charge is 0.444 e. The van der Waals surface area contributed by atoms with Gasteiger partial charge in [-0.3, -0.25) is 4.90 Å². The van der Waals surface area contributed by atoms with E-state index in [1.165, 1.54) is 5.06 Å². The van der Waals surface area contributed by atoms with Crippen LogP contribution in [0.5, 0.6) is 0 Å². The summed E-state index contributed by atoms with van der Waals surface area (Å²) < 4.78 is 11.7. The number of rotatable bonds is 5. The standard InChI is InChI=1S/C24H32N2O4/c1-23(2,3)30-22(27)26-20(17-29-24(26,4)5)21(19-14-10-7-11-15-19)25(28)16-18-12-8-6-9-13-18/h6-15,20-21,28H,16-17H2,1-5H3/t20-,21-/m0/s1. The molecule has 0 saturated carbocycles. The molecule has 2 aromatic carbocycles. The Balaban J connectivity index is 1.96. The van der Waals surface area contributed by atoms with Crippen molar-refractivity contribution in [3.8, 4) is 0 Å². The molecule has 1 saturated heterocycles. The molecule has 1 heterocycles. The maximum atomic E-state index is 13.1. The summed E-state index contributed by atoms with van der Waals surface area (Å²) in [7, 11) is 0. The van der Waals surface area contributed by atoms with E-state index in [0.717, 1.165) is 11.1 Å². The van der Waals surface area contributed by atoms with Crippen molar-refractivity contribution in [3.63, 3.8) is 0 Å². The van der Waals surface area contributed by atoms with Crippen LogP contribution >= 0.6 is 0 Å². The van der Waals surface area contributed by atoms with Gasteiger partial charge in [0.15, 0.2) is 0 Å². The molecule has 1 fully saturated rings. The lowest BCUT2D eigenvalue weighted by Crippen LogP contribution is -2.53. The molecular formula is C24H32N2O4. The molecule has 0 bridgehead atoms. The van der Waals surface area contributed by atoms with E-state index in [0.29, 0.717) is 6.54 Å². The number of hydrogen-bond donors (Lipinski definition) is 1. The average molecular weight is 413 g/mol. The van der Waals surface area contributed by atoms with Crippen molar-refractivity contribution in [2.45, 2.75) is 64.6 Å². The van der Waals surface area contributed by atoms with Gasteiger partial charge in [-0.15, -0.1) is 0 Å². The molecule has 0 spiro atoms. The van der Waals surface area contributed by atoms with E-state index in [9.17, 15) is 10.0 Å². The summed E-state index contributed by atoms with van der Waals surface area (Å²) in [6.07, 6.45) is -0.455. The minimum absolute atomic E-state index is 0.289. The van der Waals surface area contributed by atoms with Crippen molar-refractivity contribution < 1.29 is 19.5 Å². The summed E-state index contributed by atoms with van der Waals surface area (Å²) in [5, 5.41) is 12.5. The van der Waals surface area contributed by atoms with Gasteiger partial charge in [-0.25, -0.2) is 4.79 Å². The van der Waals surface area contributed by atoms with Crippen LogP contribution in [0.25, 0.3) is 0 Å². The van der Waals surface area contributed by atoms with Crippen molar-refractivity contribution in [3.05, 3.63) is 71.8 Å².